The van der Waals surface area contributed by atoms with Crippen molar-refractivity contribution < 1.29 is 9.84 Å². The molecule has 0 spiro atoms. The van der Waals surface area contributed by atoms with Crippen LogP contribution in [0.2, 0.25) is 0 Å². The summed E-state index contributed by atoms with van der Waals surface area (Å²) in [5, 5.41) is 12.3. The predicted octanol–water partition coefficient (Wildman–Crippen LogP) is 0.628. The van der Waals surface area contributed by atoms with Gasteiger partial charge in [-0.15, -0.1) is 0 Å². The smallest absolute Gasteiger partial charge is 0.0613 e. The molecule has 2 N–H and O–H groups in total. The number of hydrogen-bond donors (Lipinski definition) is 2. The molecule has 0 aromatic carbocycles. The van der Waals surface area contributed by atoms with E-state index in [-0.39, 0.29) is 12.6 Å². The van der Waals surface area contributed by atoms with Crippen molar-refractivity contribution in [2.24, 2.45) is 5.92 Å². The Morgan fingerprint density at radius 3 is 2.25 bits per heavy atom. The van der Waals surface area contributed by atoms with Gasteiger partial charge in [0.15, 0.2) is 0 Å². The van der Waals surface area contributed by atoms with E-state index in [0.29, 0.717) is 18.6 Å². The molecule has 0 radical (unpaired) electrons. The summed E-state index contributed by atoms with van der Waals surface area (Å²) in [5.74, 6) is 0.453. The van der Waals surface area contributed by atoms with Gasteiger partial charge in [-0.2, -0.15) is 0 Å². The van der Waals surface area contributed by atoms with Crippen LogP contribution >= 0.6 is 0 Å². The molecule has 2 atom stereocenters. The van der Waals surface area contributed by atoms with Gasteiger partial charge in [-0.25, -0.2) is 0 Å². The van der Waals surface area contributed by atoms with Crippen molar-refractivity contribution in [3.63, 3.8) is 0 Å². The summed E-state index contributed by atoms with van der Waals surface area (Å²) in [5.41, 5.74) is 0. The van der Waals surface area contributed by atoms with E-state index in [2.05, 4.69) is 26.1 Å². The van der Waals surface area contributed by atoms with Crippen LogP contribution in [0.3, 0.4) is 0 Å². The first-order chi connectivity index (χ1) is 5.61. The summed E-state index contributed by atoms with van der Waals surface area (Å²) in [6.07, 6.45) is 0. The number of nitrogens with one attached hydrogen (secondary N) is 1. The van der Waals surface area contributed by atoms with Crippen LogP contribution in [0.25, 0.3) is 0 Å². The second-order valence-electron chi connectivity index (χ2n) is 3.56. The first-order valence-corrected chi connectivity index (χ1v) is 4.47. The van der Waals surface area contributed by atoms with Crippen LogP contribution in [0, 0.1) is 5.92 Å². The highest BCUT2D eigenvalue weighted by Gasteiger charge is 2.13. The second kappa shape index (κ2) is 6.40. The molecule has 0 aliphatic rings. The lowest BCUT2D eigenvalue weighted by Gasteiger charge is -2.24. The van der Waals surface area contributed by atoms with E-state index in [9.17, 15) is 0 Å². The van der Waals surface area contributed by atoms with Crippen molar-refractivity contribution in [3.05, 3.63) is 0 Å². The van der Waals surface area contributed by atoms with Crippen LogP contribution in [-0.4, -0.2) is 37.5 Å². The standard InChI is InChI=1S/C9H21NO2/c1-7(2)9(5-11)10-8(3)6-12-4/h7-11H,5-6H2,1-4H3. The van der Waals surface area contributed by atoms with Gasteiger partial charge in [-0.05, 0) is 12.8 Å². The summed E-state index contributed by atoms with van der Waals surface area (Å²) in [6, 6.07) is 0.477. The molecule has 0 rings (SSSR count). The summed E-state index contributed by atoms with van der Waals surface area (Å²) < 4.78 is 4.98. The topological polar surface area (TPSA) is 41.5 Å². The van der Waals surface area contributed by atoms with Gasteiger partial charge < -0.3 is 15.2 Å². The minimum atomic E-state index is 0.176. The molecular formula is C9H21NO2. The average Bonchev–Trinajstić information content (AvgIpc) is 2.00. The fourth-order valence-electron chi connectivity index (χ4n) is 1.12. The molecule has 2 unspecified atom stereocenters. The monoisotopic (exact) mass is 175 g/mol. The number of rotatable bonds is 6. The molecule has 3 heteroatoms. The van der Waals surface area contributed by atoms with E-state index in [4.69, 9.17) is 9.84 Å². The van der Waals surface area contributed by atoms with Crippen molar-refractivity contribution in [2.45, 2.75) is 32.9 Å². The fourth-order valence-corrected chi connectivity index (χ4v) is 1.12. The molecule has 0 saturated heterocycles. The Bertz CT molecular complexity index is 107. The third-order valence-electron chi connectivity index (χ3n) is 1.92. The minimum Gasteiger partial charge on any atom is -0.395 e. The minimum absolute atomic E-state index is 0.176. The van der Waals surface area contributed by atoms with Gasteiger partial charge in [0.2, 0.25) is 0 Å². The maximum atomic E-state index is 9.01. The molecule has 0 aromatic rings. The molecule has 3 nitrogen and oxygen atoms in total. The van der Waals surface area contributed by atoms with E-state index in [1.807, 2.05) is 0 Å². The van der Waals surface area contributed by atoms with Crippen molar-refractivity contribution in [1.29, 1.82) is 0 Å². The van der Waals surface area contributed by atoms with Gasteiger partial charge in [0, 0.05) is 19.2 Å². The van der Waals surface area contributed by atoms with Crippen LogP contribution in [0.1, 0.15) is 20.8 Å². The van der Waals surface area contributed by atoms with E-state index in [1.165, 1.54) is 0 Å². The van der Waals surface area contributed by atoms with E-state index >= 15 is 0 Å². The normalized spacial score (nSPS) is 16.5. The zero-order valence-corrected chi connectivity index (χ0v) is 8.50. The second-order valence-corrected chi connectivity index (χ2v) is 3.56. The number of methoxy groups -OCH3 is 1. The van der Waals surface area contributed by atoms with Gasteiger partial charge in [0.05, 0.1) is 13.2 Å². The Morgan fingerprint density at radius 2 is 1.92 bits per heavy atom. The predicted molar refractivity (Wildman–Crippen MR) is 50.2 cm³/mol. The van der Waals surface area contributed by atoms with Crippen molar-refractivity contribution >= 4 is 0 Å². The first kappa shape index (κ1) is 11.9. The zero-order valence-electron chi connectivity index (χ0n) is 8.50. The quantitative estimate of drug-likeness (QED) is 0.622. The lowest BCUT2D eigenvalue weighted by atomic mass is 10.0. The summed E-state index contributed by atoms with van der Waals surface area (Å²) in [7, 11) is 1.68. The van der Waals surface area contributed by atoms with E-state index in [1.54, 1.807) is 7.11 Å². The van der Waals surface area contributed by atoms with E-state index in [0.717, 1.165) is 0 Å². The van der Waals surface area contributed by atoms with Gasteiger partial charge in [-0.3, -0.25) is 0 Å². The number of aliphatic hydroxyl groups is 1. The highest BCUT2D eigenvalue weighted by atomic mass is 16.5. The Kier molecular flexibility index (Phi) is 6.34. The summed E-state index contributed by atoms with van der Waals surface area (Å²) in [4.78, 5) is 0. The molecule has 0 amide bonds. The number of hydrogen-bond acceptors (Lipinski definition) is 3. The van der Waals surface area contributed by atoms with Crippen LogP contribution in [-0.2, 0) is 4.74 Å². The lowest BCUT2D eigenvalue weighted by molar-refractivity contribution is 0.143. The Hall–Kier alpha value is -0.120. The highest BCUT2D eigenvalue weighted by molar-refractivity contribution is 4.72. The van der Waals surface area contributed by atoms with Crippen molar-refractivity contribution in [3.8, 4) is 0 Å². The van der Waals surface area contributed by atoms with E-state index < -0.39 is 0 Å². The van der Waals surface area contributed by atoms with Gasteiger partial charge in [-0.1, -0.05) is 13.8 Å². The third kappa shape index (κ3) is 4.70. The molecule has 0 aromatic heterocycles. The largest absolute Gasteiger partial charge is 0.395 e. The molecule has 0 heterocycles. The van der Waals surface area contributed by atoms with Gasteiger partial charge in [0.1, 0.15) is 0 Å². The summed E-state index contributed by atoms with van der Waals surface area (Å²) in [6.45, 7) is 7.10. The lowest BCUT2D eigenvalue weighted by Crippen LogP contribution is -2.44. The molecule has 0 fully saturated rings. The van der Waals surface area contributed by atoms with Crippen molar-refractivity contribution in [1.82, 2.24) is 5.32 Å². The first-order valence-electron chi connectivity index (χ1n) is 4.47. The molecule has 74 valence electrons. The maximum Gasteiger partial charge on any atom is 0.0613 e. The molecule has 0 bridgehead atoms. The van der Waals surface area contributed by atoms with Crippen LogP contribution in [0.5, 0.6) is 0 Å². The SMILES string of the molecule is COCC(C)NC(CO)C(C)C. The van der Waals surface area contributed by atoms with Crippen LogP contribution in [0.4, 0.5) is 0 Å². The third-order valence-corrected chi connectivity index (χ3v) is 1.92. The zero-order chi connectivity index (χ0) is 9.56. The highest BCUT2D eigenvalue weighted by Crippen LogP contribution is 2.01. The molecule has 0 aliphatic heterocycles. The molecule has 0 aliphatic carbocycles. The van der Waals surface area contributed by atoms with Crippen LogP contribution < -0.4 is 5.32 Å². The van der Waals surface area contributed by atoms with Crippen molar-refractivity contribution in [2.75, 3.05) is 20.3 Å². The van der Waals surface area contributed by atoms with Gasteiger partial charge >= 0.3 is 0 Å². The molecule has 0 saturated carbocycles. The van der Waals surface area contributed by atoms with Gasteiger partial charge in [0.25, 0.3) is 0 Å². The Morgan fingerprint density at radius 1 is 1.33 bits per heavy atom. The summed E-state index contributed by atoms with van der Waals surface area (Å²) >= 11 is 0. The Labute approximate surface area is 75.1 Å². The Balaban J connectivity index is 3.69. The molecular weight excluding hydrogens is 154 g/mol. The number of aliphatic hydroxyl groups excluding tert-OH is 1. The van der Waals surface area contributed by atoms with Crippen LogP contribution in [0.15, 0.2) is 0 Å². The maximum absolute atomic E-state index is 9.01. The fraction of sp³-hybridized carbons (Fsp3) is 1.00. The number of ether oxygens (including phenoxy) is 1. The average molecular weight is 175 g/mol. The molecule has 12 heavy (non-hydrogen) atoms.